The van der Waals surface area contributed by atoms with Gasteiger partial charge in [-0.15, -0.1) is 5.54 Å². The smallest absolute Gasteiger partial charge is 0.148 e. The number of benzene rings is 1. The zero-order valence-corrected chi connectivity index (χ0v) is 14.1. The SMILES string of the molecule is CCc1ccc(OCC#C[Si](C)(C)C(C)(C)C)cc1. The highest BCUT2D eigenvalue weighted by Crippen LogP contribution is 2.35. The summed E-state index contributed by atoms with van der Waals surface area (Å²) in [5.74, 6) is 4.10. The van der Waals surface area contributed by atoms with E-state index in [1.165, 1.54) is 5.56 Å². The van der Waals surface area contributed by atoms with Crippen LogP contribution in [0.3, 0.4) is 0 Å². The standard InChI is InChI=1S/C17H26OSi/c1-7-15-9-11-16(12-10-15)18-13-8-14-19(5,6)17(2,3)4/h9-12H,7,13H2,1-6H3. The van der Waals surface area contributed by atoms with Gasteiger partial charge in [0.25, 0.3) is 0 Å². The summed E-state index contributed by atoms with van der Waals surface area (Å²) in [5, 5.41) is 0.308. The Morgan fingerprint density at radius 3 is 2.16 bits per heavy atom. The van der Waals surface area contributed by atoms with E-state index in [9.17, 15) is 0 Å². The fourth-order valence-corrected chi connectivity index (χ4v) is 2.27. The lowest BCUT2D eigenvalue weighted by atomic mass is 10.2. The fraction of sp³-hybridized carbons (Fsp3) is 0.529. The van der Waals surface area contributed by atoms with Crippen LogP contribution in [0.2, 0.25) is 18.1 Å². The summed E-state index contributed by atoms with van der Waals surface area (Å²) in [6, 6.07) is 8.26. The van der Waals surface area contributed by atoms with E-state index in [2.05, 4.69) is 64.4 Å². The van der Waals surface area contributed by atoms with Crippen LogP contribution >= 0.6 is 0 Å². The van der Waals surface area contributed by atoms with E-state index >= 15 is 0 Å². The molecule has 0 N–H and O–H groups in total. The van der Waals surface area contributed by atoms with Crippen molar-refractivity contribution in [2.24, 2.45) is 0 Å². The fourth-order valence-electron chi connectivity index (χ4n) is 1.39. The van der Waals surface area contributed by atoms with Gasteiger partial charge in [-0.25, -0.2) is 0 Å². The molecule has 0 atom stereocenters. The lowest BCUT2D eigenvalue weighted by Crippen LogP contribution is -2.35. The topological polar surface area (TPSA) is 9.23 Å². The highest BCUT2D eigenvalue weighted by molar-refractivity contribution is 6.87. The third kappa shape index (κ3) is 4.76. The summed E-state index contributed by atoms with van der Waals surface area (Å²) in [7, 11) is -1.50. The van der Waals surface area contributed by atoms with Crippen LogP contribution in [0.1, 0.15) is 33.3 Å². The zero-order chi connectivity index (χ0) is 14.5. The average Bonchev–Trinajstić information content (AvgIpc) is 2.34. The van der Waals surface area contributed by atoms with Crippen LogP contribution in [0.25, 0.3) is 0 Å². The van der Waals surface area contributed by atoms with Crippen molar-refractivity contribution in [3.05, 3.63) is 29.8 Å². The molecular weight excluding hydrogens is 248 g/mol. The third-order valence-electron chi connectivity index (χ3n) is 3.92. The van der Waals surface area contributed by atoms with Crippen molar-refractivity contribution in [2.45, 2.75) is 52.2 Å². The normalized spacial score (nSPS) is 11.7. The van der Waals surface area contributed by atoms with Gasteiger partial charge in [-0.1, -0.05) is 58.8 Å². The number of hydrogen-bond donors (Lipinski definition) is 0. The van der Waals surface area contributed by atoms with Crippen LogP contribution in [0, 0.1) is 11.5 Å². The Bertz CT molecular complexity index is 455. The first-order chi connectivity index (χ1) is 8.76. The maximum atomic E-state index is 5.66. The van der Waals surface area contributed by atoms with Gasteiger partial charge in [0, 0.05) is 0 Å². The molecule has 0 amide bonds. The maximum absolute atomic E-state index is 5.66. The van der Waals surface area contributed by atoms with Gasteiger partial charge in [-0.05, 0) is 29.2 Å². The molecule has 104 valence electrons. The van der Waals surface area contributed by atoms with Crippen molar-refractivity contribution in [3.8, 4) is 17.2 Å². The molecule has 1 nitrogen and oxygen atoms in total. The number of rotatable bonds is 3. The minimum Gasteiger partial charge on any atom is -0.481 e. The van der Waals surface area contributed by atoms with Crippen molar-refractivity contribution < 1.29 is 4.74 Å². The van der Waals surface area contributed by atoms with Gasteiger partial charge in [-0.2, -0.15) is 0 Å². The van der Waals surface area contributed by atoms with Gasteiger partial charge in [0.1, 0.15) is 20.4 Å². The van der Waals surface area contributed by atoms with E-state index in [0.717, 1.165) is 12.2 Å². The van der Waals surface area contributed by atoms with Crippen LogP contribution < -0.4 is 4.74 Å². The molecule has 0 heterocycles. The van der Waals surface area contributed by atoms with E-state index in [-0.39, 0.29) is 0 Å². The summed E-state index contributed by atoms with van der Waals surface area (Å²) >= 11 is 0. The summed E-state index contributed by atoms with van der Waals surface area (Å²) in [6.07, 6.45) is 1.06. The van der Waals surface area contributed by atoms with Crippen LogP contribution in [0.15, 0.2) is 24.3 Å². The Morgan fingerprint density at radius 1 is 1.11 bits per heavy atom. The second-order valence-electron chi connectivity index (χ2n) is 6.46. The highest BCUT2D eigenvalue weighted by atomic mass is 28.3. The second kappa shape index (κ2) is 6.30. The first kappa shape index (κ1) is 15.9. The Kier molecular flexibility index (Phi) is 5.26. The van der Waals surface area contributed by atoms with E-state index < -0.39 is 8.07 Å². The maximum Gasteiger partial charge on any atom is 0.148 e. The summed E-state index contributed by atoms with van der Waals surface area (Å²) in [6.45, 7) is 14.1. The molecule has 19 heavy (non-hydrogen) atoms. The minimum absolute atomic E-state index is 0.308. The summed E-state index contributed by atoms with van der Waals surface area (Å²) in [4.78, 5) is 0. The van der Waals surface area contributed by atoms with Crippen LogP contribution in [0.5, 0.6) is 5.75 Å². The Labute approximate surface area is 119 Å². The predicted octanol–water partition coefficient (Wildman–Crippen LogP) is 4.68. The van der Waals surface area contributed by atoms with Crippen molar-refractivity contribution >= 4 is 8.07 Å². The molecule has 0 radical (unpaired) electrons. The average molecular weight is 274 g/mol. The number of ether oxygens (including phenoxy) is 1. The first-order valence-corrected chi connectivity index (χ1v) is 9.98. The largest absolute Gasteiger partial charge is 0.481 e. The Morgan fingerprint density at radius 2 is 1.68 bits per heavy atom. The number of hydrogen-bond acceptors (Lipinski definition) is 1. The molecule has 0 unspecified atom stereocenters. The van der Waals surface area contributed by atoms with E-state index in [4.69, 9.17) is 4.74 Å². The molecule has 0 aliphatic heterocycles. The van der Waals surface area contributed by atoms with Crippen molar-refractivity contribution in [3.63, 3.8) is 0 Å². The minimum atomic E-state index is -1.50. The molecule has 0 bridgehead atoms. The lowest BCUT2D eigenvalue weighted by Gasteiger charge is -2.31. The summed E-state index contributed by atoms with van der Waals surface area (Å²) < 4.78 is 5.66. The molecule has 0 aliphatic rings. The first-order valence-electron chi connectivity index (χ1n) is 6.98. The van der Waals surface area contributed by atoms with Crippen LogP contribution in [-0.2, 0) is 6.42 Å². The molecule has 2 heteroatoms. The Balaban J connectivity index is 2.55. The molecule has 0 saturated carbocycles. The van der Waals surface area contributed by atoms with Gasteiger partial charge in [0.05, 0.1) is 0 Å². The summed E-state index contributed by atoms with van der Waals surface area (Å²) in [5.41, 5.74) is 4.79. The lowest BCUT2D eigenvalue weighted by molar-refractivity contribution is 0.370. The van der Waals surface area contributed by atoms with E-state index in [1.807, 2.05) is 12.1 Å². The Hall–Kier alpha value is -1.20. The van der Waals surface area contributed by atoms with Gasteiger partial charge in [0.2, 0.25) is 0 Å². The molecule has 0 spiro atoms. The molecule has 0 saturated heterocycles. The monoisotopic (exact) mass is 274 g/mol. The molecular formula is C17H26OSi. The van der Waals surface area contributed by atoms with Gasteiger partial charge >= 0.3 is 0 Å². The van der Waals surface area contributed by atoms with Gasteiger partial charge in [-0.3, -0.25) is 0 Å². The third-order valence-corrected chi connectivity index (χ3v) is 8.47. The molecule has 1 aromatic carbocycles. The second-order valence-corrected chi connectivity index (χ2v) is 11.5. The zero-order valence-electron chi connectivity index (χ0n) is 13.1. The van der Waals surface area contributed by atoms with Crippen molar-refractivity contribution in [1.29, 1.82) is 0 Å². The van der Waals surface area contributed by atoms with E-state index in [0.29, 0.717) is 11.6 Å². The van der Waals surface area contributed by atoms with Crippen molar-refractivity contribution in [2.75, 3.05) is 6.61 Å². The molecule has 0 aromatic heterocycles. The van der Waals surface area contributed by atoms with Gasteiger partial charge < -0.3 is 4.74 Å². The van der Waals surface area contributed by atoms with Crippen LogP contribution in [0.4, 0.5) is 0 Å². The molecule has 0 aliphatic carbocycles. The quantitative estimate of drug-likeness (QED) is 0.574. The molecule has 1 rings (SSSR count). The van der Waals surface area contributed by atoms with Gasteiger partial charge in [0.15, 0.2) is 0 Å². The van der Waals surface area contributed by atoms with E-state index in [1.54, 1.807) is 0 Å². The molecule has 1 aromatic rings. The van der Waals surface area contributed by atoms with Crippen LogP contribution in [-0.4, -0.2) is 14.7 Å². The number of aryl methyl sites for hydroxylation is 1. The molecule has 0 fully saturated rings. The highest BCUT2D eigenvalue weighted by Gasteiger charge is 2.33. The van der Waals surface area contributed by atoms with Crippen molar-refractivity contribution in [1.82, 2.24) is 0 Å². The predicted molar refractivity (Wildman–Crippen MR) is 86.3 cm³/mol.